The van der Waals surface area contributed by atoms with Gasteiger partial charge in [0.25, 0.3) is 0 Å². The Morgan fingerprint density at radius 2 is 1.65 bits per heavy atom. The van der Waals surface area contributed by atoms with Gasteiger partial charge in [-0.15, -0.1) is 0 Å². The molecule has 4 saturated carbocycles. The third-order valence-electron chi connectivity index (χ3n) is 6.07. The van der Waals surface area contributed by atoms with Crippen molar-refractivity contribution in [1.29, 1.82) is 0 Å². The fraction of sp³-hybridized carbons (Fsp3) is 0.632. The highest BCUT2D eigenvalue weighted by Gasteiger charge is 2.51. The molecule has 124 valence electrons. The van der Waals surface area contributed by atoms with Crippen molar-refractivity contribution in [3.05, 3.63) is 33.8 Å². The number of rotatable bonds is 4. The van der Waals surface area contributed by atoms with E-state index in [1.54, 1.807) is 12.1 Å². The van der Waals surface area contributed by atoms with E-state index in [0.29, 0.717) is 16.5 Å². The van der Waals surface area contributed by atoms with Crippen LogP contribution >= 0.6 is 23.2 Å². The van der Waals surface area contributed by atoms with Crippen molar-refractivity contribution in [2.24, 2.45) is 23.2 Å². The molecule has 4 fully saturated rings. The van der Waals surface area contributed by atoms with Crippen LogP contribution in [-0.4, -0.2) is 5.97 Å². The van der Waals surface area contributed by atoms with Crippen LogP contribution in [0.4, 0.5) is 0 Å². The van der Waals surface area contributed by atoms with E-state index in [9.17, 15) is 4.79 Å². The zero-order valence-electron chi connectivity index (χ0n) is 13.2. The quantitative estimate of drug-likeness (QED) is 0.655. The van der Waals surface area contributed by atoms with Crippen molar-refractivity contribution >= 4 is 29.2 Å². The van der Waals surface area contributed by atoms with Gasteiger partial charge >= 0.3 is 5.97 Å². The predicted molar refractivity (Wildman–Crippen MR) is 91.5 cm³/mol. The summed E-state index contributed by atoms with van der Waals surface area (Å²) < 4.78 is 5.52. The van der Waals surface area contributed by atoms with E-state index in [2.05, 4.69) is 0 Å². The molecule has 4 aliphatic carbocycles. The van der Waals surface area contributed by atoms with E-state index in [-0.39, 0.29) is 18.0 Å². The minimum atomic E-state index is -0.0574. The van der Waals surface area contributed by atoms with Crippen molar-refractivity contribution in [2.75, 3.05) is 0 Å². The number of esters is 1. The molecule has 2 nitrogen and oxygen atoms in total. The number of benzene rings is 1. The number of halogens is 2. The van der Waals surface area contributed by atoms with Crippen LogP contribution in [0.25, 0.3) is 0 Å². The van der Waals surface area contributed by atoms with E-state index in [1.807, 2.05) is 6.07 Å². The normalized spacial score (nSPS) is 34.6. The topological polar surface area (TPSA) is 26.3 Å². The van der Waals surface area contributed by atoms with Gasteiger partial charge in [0, 0.05) is 0 Å². The molecule has 0 amide bonds. The molecule has 0 spiro atoms. The highest BCUT2D eigenvalue weighted by molar-refractivity contribution is 6.42. The fourth-order valence-corrected chi connectivity index (χ4v) is 5.98. The lowest BCUT2D eigenvalue weighted by molar-refractivity contribution is -0.153. The Bertz CT molecular complexity index is 591. The molecule has 0 unspecified atom stereocenters. The van der Waals surface area contributed by atoms with Crippen LogP contribution in [0.2, 0.25) is 10.0 Å². The lowest BCUT2D eigenvalue weighted by Gasteiger charge is -2.56. The molecular formula is C19H22Cl2O2. The maximum atomic E-state index is 12.4. The first-order valence-electron chi connectivity index (χ1n) is 8.61. The van der Waals surface area contributed by atoms with E-state index in [1.165, 1.54) is 38.5 Å². The summed E-state index contributed by atoms with van der Waals surface area (Å²) in [6, 6.07) is 5.36. The lowest BCUT2D eigenvalue weighted by atomic mass is 9.49. The lowest BCUT2D eigenvalue weighted by Crippen LogP contribution is -2.47. The predicted octanol–water partition coefficient (Wildman–Crippen LogP) is 5.64. The van der Waals surface area contributed by atoms with Gasteiger partial charge in [-0.25, -0.2) is 0 Å². The Hall–Kier alpha value is -0.730. The number of hydrogen-bond donors (Lipinski definition) is 0. The van der Waals surface area contributed by atoms with Crippen LogP contribution in [-0.2, 0) is 16.1 Å². The fourth-order valence-electron chi connectivity index (χ4n) is 5.66. The number of carbonyl (C=O) groups excluding carboxylic acids is 1. The number of hydrogen-bond acceptors (Lipinski definition) is 2. The molecule has 1 aromatic carbocycles. The summed E-state index contributed by atoms with van der Waals surface area (Å²) in [4.78, 5) is 12.4. The maximum Gasteiger partial charge on any atom is 0.306 e. The first-order chi connectivity index (χ1) is 11.0. The number of ether oxygens (including phenoxy) is 1. The average molecular weight is 353 g/mol. The van der Waals surface area contributed by atoms with Gasteiger partial charge < -0.3 is 4.74 Å². The van der Waals surface area contributed by atoms with Crippen molar-refractivity contribution in [2.45, 2.75) is 51.6 Å². The van der Waals surface area contributed by atoms with Crippen molar-refractivity contribution < 1.29 is 9.53 Å². The Morgan fingerprint density at radius 1 is 1.04 bits per heavy atom. The zero-order valence-corrected chi connectivity index (χ0v) is 14.7. The van der Waals surface area contributed by atoms with Crippen molar-refractivity contribution in [3.8, 4) is 0 Å². The van der Waals surface area contributed by atoms with E-state index >= 15 is 0 Å². The summed E-state index contributed by atoms with van der Waals surface area (Å²) in [5.41, 5.74) is 1.13. The minimum absolute atomic E-state index is 0.0574. The molecule has 0 radical (unpaired) electrons. The van der Waals surface area contributed by atoms with Gasteiger partial charge in [0.1, 0.15) is 6.61 Å². The molecule has 0 atom stereocenters. The molecule has 4 aliphatic rings. The van der Waals surface area contributed by atoms with Gasteiger partial charge in [0.05, 0.1) is 16.5 Å². The molecule has 4 bridgehead atoms. The monoisotopic (exact) mass is 352 g/mol. The molecule has 1 aromatic rings. The highest BCUT2D eigenvalue weighted by atomic mass is 35.5. The summed E-state index contributed by atoms with van der Waals surface area (Å²) >= 11 is 11.9. The Balaban J connectivity index is 1.36. The Kier molecular flexibility index (Phi) is 4.09. The molecule has 0 aliphatic heterocycles. The van der Waals surface area contributed by atoms with Gasteiger partial charge in [-0.3, -0.25) is 4.79 Å². The van der Waals surface area contributed by atoms with Crippen LogP contribution in [0.5, 0.6) is 0 Å². The third kappa shape index (κ3) is 3.25. The van der Waals surface area contributed by atoms with Crippen LogP contribution in [0, 0.1) is 23.2 Å². The van der Waals surface area contributed by atoms with Crippen molar-refractivity contribution in [1.82, 2.24) is 0 Å². The summed E-state index contributed by atoms with van der Waals surface area (Å²) in [5.74, 6) is 2.54. The molecule has 4 heteroatoms. The highest BCUT2D eigenvalue weighted by Crippen LogP contribution is 2.61. The first-order valence-corrected chi connectivity index (χ1v) is 9.36. The van der Waals surface area contributed by atoms with E-state index in [4.69, 9.17) is 27.9 Å². The van der Waals surface area contributed by atoms with E-state index in [0.717, 1.165) is 23.3 Å². The zero-order chi connectivity index (χ0) is 16.0. The second-order valence-electron chi connectivity index (χ2n) is 8.00. The third-order valence-corrected chi connectivity index (χ3v) is 6.81. The van der Waals surface area contributed by atoms with Gasteiger partial charge in [-0.1, -0.05) is 29.3 Å². The molecule has 23 heavy (non-hydrogen) atoms. The van der Waals surface area contributed by atoms with Crippen LogP contribution in [0.3, 0.4) is 0 Å². The molecule has 0 N–H and O–H groups in total. The Labute approximate surface area is 147 Å². The smallest absolute Gasteiger partial charge is 0.306 e. The van der Waals surface area contributed by atoms with E-state index < -0.39 is 0 Å². The summed E-state index contributed by atoms with van der Waals surface area (Å²) in [6.07, 6.45) is 8.51. The first kappa shape index (κ1) is 15.8. The van der Waals surface area contributed by atoms with Gasteiger partial charge in [-0.2, -0.15) is 0 Å². The van der Waals surface area contributed by atoms with Gasteiger partial charge in [0.15, 0.2) is 0 Å². The van der Waals surface area contributed by atoms with Crippen LogP contribution in [0.15, 0.2) is 18.2 Å². The average Bonchev–Trinajstić information content (AvgIpc) is 2.46. The standard InChI is InChI=1S/C19H22Cl2O2/c20-16-2-1-12(6-17(16)21)11-23-18(22)10-19-7-13-3-14(8-19)5-15(4-13)9-19/h1-2,6,13-15H,3-5,7-11H2. The molecule has 0 aromatic heterocycles. The molecule has 0 heterocycles. The van der Waals surface area contributed by atoms with Crippen LogP contribution in [0.1, 0.15) is 50.5 Å². The second-order valence-corrected chi connectivity index (χ2v) is 8.82. The number of carbonyl (C=O) groups is 1. The SMILES string of the molecule is O=C(CC12CC3CC(CC(C3)C1)C2)OCc1ccc(Cl)c(Cl)c1. The summed E-state index contributed by atoms with van der Waals surface area (Å²) in [6.45, 7) is 0.280. The molecule has 0 saturated heterocycles. The molecular weight excluding hydrogens is 331 g/mol. The van der Waals surface area contributed by atoms with Gasteiger partial charge in [0.2, 0.25) is 0 Å². The summed E-state index contributed by atoms with van der Waals surface area (Å²) in [5, 5.41) is 1.02. The maximum absolute atomic E-state index is 12.4. The summed E-state index contributed by atoms with van der Waals surface area (Å²) in [7, 11) is 0. The Morgan fingerprint density at radius 3 is 2.22 bits per heavy atom. The second kappa shape index (κ2) is 5.97. The minimum Gasteiger partial charge on any atom is -0.461 e. The molecule has 5 rings (SSSR count). The van der Waals surface area contributed by atoms with Gasteiger partial charge in [-0.05, 0) is 79.4 Å². The van der Waals surface area contributed by atoms with Crippen molar-refractivity contribution in [3.63, 3.8) is 0 Å². The van der Waals surface area contributed by atoms with Crippen LogP contribution < -0.4 is 0 Å². The largest absolute Gasteiger partial charge is 0.461 e.